The number of nitrogens with zero attached hydrogens (tertiary/aromatic N) is 3. The van der Waals surface area contributed by atoms with E-state index >= 15 is 0 Å². The van der Waals surface area contributed by atoms with Gasteiger partial charge in [-0.1, -0.05) is 12.1 Å². The minimum absolute atomic E-state index is 0.100. The molecule has 2 aliphatic heterocycles. The number of hydrogen-bond donors (Lipinski definition) is 1. The predicted molar refractivity (Wildman–Crippen MR) is 117 cm³/mol. The van der Waals surface area contributed by atoms with Crippen LogP contribution in [0, 0.1) is 5.82 Å². The van der Waals surface area contributed by atoms with Crippen LogP contribution in [0.25, 0.3) is 10.2 Å². The van der Waals surface area contributed by atoms with Crippen LogP contribution in [0.1, 0.15) is 11.5 Å². The van der Waals surface area contributed by atoms with Crippen molar-refractivity contribution in [2.75, 3.05) is 32.8 Å². The van der Waals surface area contributed by atoms with Crippen molar-refractivity contribution in [2.45, 2.75) is 10.8 Å². The Morgan fingerprint density at radius 1 is 1.13 bits per heavy atom. The Hall–Kier alpha value is -2.26. The van der Waals surface area contributed by atoms with Gasteiger partial charge in [0, 0.05) is 31.1 Å². The maximum atomic E-state index is 13.1. The molecule has 0 radical (unpaired) electrons. The molecule has 2 fully saturated rings. The molecule has 5 nitrogen and oxygen atoms in total. The normalized spacial score (nSPS) is 17.7. The fourth-order valence-electron chi connectivity index (χ4n) is 3.74. The second-order valence-corrected chi connectivity index (χ2v) is 9.62. The van der Waals surface area contributed by atoms with Gasteiger partial charge in [0.15, 0.2) is 0 Å². The van der Waals surface area contributed by atoms with E-state index in [1.807, 2.05) is 5.51 Å². The van der Waals surface area contributed by atoms with Gasteiger partial charge in [-0.25, -0.2) is 13.7 Å². The van der Waals surface area contributed by atoms with Gasteiger partial charge in [-0.15, -0.1) is 11.3 Å². The SMILES string of the molecule is O=C([C@@H](CO)c1ccc(F)cc1)N1CC(=C2CN(Sc3ccc4ncsc4c3)C2)C1. The van der Waals surface area contributed by atoms with Gasteiger partial charge in [-0.05, 0) is 59.0 Å². The highest BCUT2D eigenvalue weighted by atomic mass is 32.2. The number of aliphatic hydroxyl groups is 1. The lowest BCUT2D eigenvalue weighted by Crippen LogP contribution is -2.50. The summed E-state index contributed by atoms with van der Waals surface area (Å²) in [6, 6.07) is 12.1. The first kappa shape index (κ1) is 19.7. The molecule has 2 aliphatic rings. The minimum atomic E-state index is -0.632. The van der Waals surface area contributed by atoms with Gasteiger partial charge in [-0.3, -0.25) is 4.79 Å². The highest BCUT2D eigenvalue weighted by molar-refractivity contribution is 7.97. The Balaban J connectivity index is 1.15. The molecule has 30 heavy (non-hydrogen) atoms. The van der Waals surface area contributed by atoms with Crippen molar-refractivity contribution in [3.05, 3.63) is 70.5 Å². The summed E-state index contributed by atoms with van der Waals surface area (Å²) < 4.78 is 16.6. The van der Waals surface area contributed by atoms with Crippen LogP contribution in [-0.4, -0.2) is 58.0 Å². The van der Waals surface area contributed by atoms with Crippen LogP contribution in [0.15, 0.2) is 64.0 Å². The van der Waals surface area contributed by atoms with Crippen molar-refractivity contribution in [3.8, 4) is 0 Å². The van der Waals surface area contributed by atoms with E-state index in [1.54, 1.807) is 40.3 Å². The molecule has 2 aromatic carbocycles. The van der Waals surface area contributed by atoms with E-state index in [9.17, 15) is 14.3 Å². The molecule has 1 atom stereocenters. The number of hydrogen-bond acceptors (Lipinski definition) is 6. The summed E-state index contributed by atoms with van der Waals surface area (Å²) in [5.74, 6) is -1.08. The fourth-order valence-corrected chi connectivity index (χ4v) is 5.57. The number of aliphatic hydroxyl groups excluding tert-OH is 1. The number of amides is 1. The third-order valence-electron chi connectivity index (χ3n) is 5.60. The van der Waals surface area contributed by atoms with Gasteiger partial charge in [0.2, 0.25) is 5.91 Å². The number of halogens is 1. The number of rotatable bonds is 5. The Morgan fingerprint density at radius 2 is 1.87 bits per heavy atom. The topological polar surface area (TPSA) is 56.7 Å². The van der Waals surface area contributed by atoms with E-state index in [-0.39, 0.29) is 18.3 Å². The second-order valence-electron chi connectivity index (χ2n) is 7.56. The molecule has 1 N–H and O–H groups in total. The standard InChI is InChI=1S/C22H20FN3O2S2/c23-17-3-1-14(2-4-17)19(12-27)22(28)25-8-15(9-25)16-10-26(11-16)30-18-5-6-20-21(7-18)29-13-24-20/h1-7,13,19,27H,8-12H2/t19-/m0/s1. The molecule has 0 unspecified atom stereocenters. The molecule has 5 rings (SSSR count). The summed E-state index contributed by atoms with van der Waals surface area (Å²) in [4.78, 5) is 20.0. The average Bonchev–Trinajstić information content (AvgIpc) is 3.14. The Morgan fingerprint density at radius 3 is 2.60 bits per heavy atom. The number of likely N-dealkylation sites (tertiary alicyclic amines) is 1. The molecule has 1 amide bonds. The molecule has 0 saturated carbocycles. The minimum Gasteiger partial charge on any atom is -0.395 e. The molecule has 0 bridgehead atoms. The maximum absolute atomic E-state index is 13.1. The summed E-state index contributed by atoms with van der Waals surface area (Å²) in [6.45, 7) is 2.78. The third-order valence-corrected chi connectivity index (χ3v) is 7.37. The molecule has 0 spiro atoms. The van der Waals surface area contributed by atoms with Crippen LogP contribution in [0.4, 0.5) is 4.39 Å². The Kier molecular flexibility index (Phi) is 5.32. The smallest absolute Gasteiger partial charge is 0.233 e. The first-order valence-electron chi connectivity index (χ1n) is 9.72. The van der Waals surface area contributed by atoms with E-state index in [0.29, 0.717) is 18.7 Å². The van der Waals surface area contributed by atoms with Gasteiger partial charge in [0.25, 0.3) is 0 Å². The quantitative estimate of drug-likeness (QED) is 0.484. The Labute approximate surface area is 182 Å². The predicted octanol–water partition coefficient (Wildman–Crippen LogP) is 3.67. The molecule has 3 aromatic rings. The van der Waals surface area contributed by atoms with Crippen molar-refractivity contribution in [1.82, 2.24) is 14.2 Å². The molecular formula is C22H20FN3O2S2. The average molecular weight is 442 g/mol. The Bertz CT molecular complexity index is 1110. The van der Waals surface area contributed by atoms with E-state index in [4.69, 9.17) is 0 Å². The number of benzene rings is 2. The monoisotopic (exact) mass is 441 g/mol. The van der Waals surface area contributed by atoms with E-state index in [1.165, 1.54) is 32.9 Å². The lowest BCUT2D eigenvalue weighted by Gasteiger charge is -2.42. The van der Waals surface area contributed by atoms with Crippen LogP contribution in [0.5, 0.6) is 0 Å². The van der Waals surface area contributed by atoms with Crippen LogP contribution >= 0.6 is 23.3 Å². The number of thiazole rings is 1. The van der Waals surface area contributed by atoms with Crippen LogP contribution < -0.4 is 0 Å². The molecule has 1 aromatic heterocycles. The summed E-state index contributed by atoms with van der Waals surface area (Å²) in [5.41, 5.74) is 6.26. The molecule has 8 heteroatoms. The zero-order valence-electron chi connectivity index (χ0n) is 16.1. The fraction of sp³-hybridized carbons (Fsp3) is 0.273. The van der Waals surface area contributed by atoms with Gasteiger partial charge < -0.3 is 10.0 Å². The van der Waals surface area contributed by atoms with E-state index in [0.717, 1.165) is 18.6 Å². The second kappa shape index (κ2) is 8.11. The molecular weight excluding hydrogens is 421 g/mol. The number of fused-ring (bicyclic) bond motifs is 1. The van der Waals surface area contributed by atoms with Gasteiger partial charge in [-0.2, -0.15) is 0 Å². The van der Waals surface area contributed by atoms with Gasteiger partial charge >= 0.3 is 0 Å². The molecule has 3 heterocycles. The third kappa shape index (κ3) is 3.76. The van der Waals surface area contributed by atoms with Crippen LogP contribution in [0.3, 0.4) is 0 Å². The zero-order valence-corrected chi connectivity index (χ0v) is 17.8. The van der Waals surface area contributed by atoms with E-state index in [2.05, 4.69) is 27.5 Å². The molecule has 154 valence electrons. The highest BCUT2D eigenvalue weighted by Crippen LogP contribution is 2.35. The van der Waals surface area contributed by atoms with Gasteiger partial charge in [0.1, 0.15) is 5.82 Å². The highest BCUT2D eigenvalue weighted by Gasteiger charge is 2.35. The van der Waals surface area contributed by atoms with Crippen LogP contribution in [0.2, 0.25) is 0 Å². The first-order valence-corrected chi connectivity index (χ1v) is 11.4. The molecule has 0 aliphatic carbocycles. The number of aromatic nitrogens is 1. The number of carbonyl (C=O) groups excluding carboxylic acids is 1. The summed E-state index contributed by atoms with van der Waals surface area (Å²) in [7, 11) is 0. The summed E-state index contributed by atoms with van der Waals surface area (Å²) in [5, 5.41) is 9.68. The summed E-state index contributed by atoms with van der Waals surface area (Å²) in [6.07, 6.45) is 0. The van der Waals surface area contributed by atoms with Crippen molar-refractivity contribution in [3.63, 3.8) is 0 Å². The van der Waals surface area contributed by atoms with Crippen molar-refractivity contribution >= 4 is 39.4 Å². The molecule has 2 saturated heterocycles. The summed E-state index contributed by atoms with van der Waals surface area (Å²) >= 11 is 3.40. The maximum Gasteiger partial charge on any atom is 0.233 e. The van der Waals surface area contributed by atoms with Crippen molar-refractivity contribution < 1.29 is 14.3 Å². The van der Waals surface area contributed by atoms with Crippen molar-refractivity contribution in [2.24, 2.45) is 0 Å². The zero-order chi connectivity index (χ0) is 20.7. The lowest BCUT2D eigenvalue weighted by molar-refractivity contribution is -0.135. The largest absolute Gasteiger partial charge is 0.395 e. The van der Waals surface area contributed by atoms with Gasteiger partial charge in [0.05, 0.1) is 28.3 Å². The number of carbonyl (C=O) groups is 1. The lowest BCUT2D eigenvalue weighted by atomic mass is 9.92. The van der Waals surface area contributed by atoms with E-state index < -0.39 is 5.92 Å². The van der Waals surface area contributed by atoms with Crippen molar-refractivity contribution in [1.29, 1.82) is 0 Å². The first-order chi connectivity index (χ1) is 14.6. The van der Waals surface area contributed by atoms with Crippen LogP contribution in [-0.2, 0) is 4.79 Å².